The molecule has 9 nitrogen and oxygen atoms in total. The quantitative estimate of drug-likeness (QED) is 0.534. The predicted octanol–water partition coefficient (Wildman–Crippen LogP) is 2.05. The fourth-order valence-electron chi connectivity index (χ4n) is 3.15. The lowest BCUT2D eigenvalue weighted by atomic mass is 9.93. The molecular formula is C20H31N3O6S. The molecule has 1 aliphatic rings. The molecule has 1 aromatic rings. The Morgan fingerprint density at radius 1 is 1.17 bits per heavy atom. The van der Waals surface area contributed by atoms with Crippen molar-refractivity contribution < 1.29 is 27.9 Å². The molecule has 0 radical (unpaired) electrons. The van der Waals surface area contributed by atoms with Gasteiger partial charge in [0.05, 0.1) is 11.0 Å². The Morgan fingerprint density at radius 3 is 2.43 bits per heavy atom. The zero-order chi connectivity index (χ0) is 22.4. The lowest BCUT2D eigenvalue weighted by molar-refractivity contribution is 0.0528. The third kappa shape index (κ3) is 8.19. The van der Waals surface area contributed by atoms with Crippen LogP contribution in [0.4, 0.5) is 9.59 Å². The van der Waals surface area contributed by atoms with E-state index in [1.54, 1.807) is 32.9 Å². The topological polar surface area (TPSA) is 134 Å². The molecule has 10 heteroatoms. The summed E-state index contributed by atoms with van der Waals surface area (Å²) in [7, 11) is -4.01. The van der Waals surface area contributed by atoms with Crippen molar-refractivity contribution in [3.63, 3.8) is 0 Å². The van der Waals surface area contributed by atoms with E-state index >= 15 is 0 Å². The summed E-state index contributed by atoms with van der Waals surface area (Å²) in [5.41, 5.74) is 0.251. The Bertz CT molecular complexity index is 833. The van der Waals surface area contributed by atoms with Gasteiger partial charge in [-0.1, -0.05) is 12.1 Å². The molecule has 2 atom stereocenters. The summed E-state index contributed by atoms with van der Waals surface area (Å²) >= 11 is 0. The highest BCUT2D eigenvalue weighted by Gasteiger charge is 2.24. The van der Waals surface area contributed by atoms with Gasteiger partial charge >= 0.3 is 12.1 Å². The van der Waals surface area contributed by atoms with Crippen molar-refractivity contribution in [3.8, 4) is 0 Å². The van der Waals surface area contributed by atoms with E-state index < -0.39 is 33.9 Å². The second-order valence-electron chi connectivity index (χ2n) is 8.42. The summed E-state index contributed by atoms with van der Waals surface area (Å²) in [6, 6.07) is 5.01. The standard InChI is InChI=1S/C20H31N3O6S/c1-20(2,3)29-19(26)21-12-11-14-7-9-17(10-8-14)30(27,28)23-18(25)22-15-5-4-6-16(24)13-15/h7-10,15-16,24H,4-6,11-13H2,1-3H3,(H,21,26)(H2,22,23,25)/t15-,16+/m0/s1. The van der Waals surface area contributed by atoms with Crippen LogP contribution in [-0.4, -0.2) is 49.9 Å². The molecule has 2 rings (SSSR count). The second kappa shape index (κ2) is 10.1. The van der Waals surface area contributed by atoms with Gasteiger partial charge in [-0.2, -0.15) is 0 Å². The maximum atomic E-state index is 12.4. The number of hydrogen-bond acceptors (Lipinski definition) is 6. The summed E-state index contributed by atoms with van der Waals surface area (Å²) in [5, 5.41) is 14.9. The number of carbonyl (C=O) groups excluding carboxylic acids is 2. The van der Waals surface area contributed by atoms with Crippen molar-refractivity contribution in [1.29, 1.82) is 0 Å². The monoisotopic (exact) mass is 441 g/mol. The molecule has 30 heavy (non-hydrogen) atoms. The summed E-state index contributed by atoms with van der Waals surface area (Å²) in [6.07, 6.45) is 2.11. The number of aliphatic hydroxyl groups excluding tert-OH is 1. The van der Waals surface area contributed by atoms with Crippen LogP contribution < -0.4 is 15.4 Å². The molecular weight excluding hydrogens is 410 g/mol. The van der Waals surface area contributed by atoms with Crippen LogP contribution in [0.3, 0.4) is 0 Å². The number of hydrogen-bond donors (Lipinski definition) is 4. The zero-order valence-corrected chi connectivity index (χ0v) is 18.4. The van der Waals surface area contributed by atoms with E-state index in [2.05, 4.69) is 10.6 Å². The predicted molar refractivity (Wildman–Crippen MR) is 111 cm³/mol. The number of amides is 3. The lowest BCUT2D eigenvalue weighted by Crippen LogP contribution is -2.46. The number of alkyl carbamates (subject to hydrolysis) is 1. The van der Waals surface area contributed by atoms with Gasteiger partial charge in [0.1, 0.15) is 5.60 Å². The molecule has 3 amide bonds. The Kier molecular flexibility index (Phi) is 8.08. The Hall–Kier alpha value is -2.33. The smallest absolute Gasteiger partial charge is 0.407 e. The van der Waals surface area contributed by atoms with Gasteiger partial charge in [0.25, 0.3) is 10.0 Å². The van der Waals surface area contributed by atoms with Gasteiger partial charge in [-0.15, -0.1) is 0 Å². The van der Waals surface area contributed by atoms with Gasteiger partial charge in [-0.25, -0.2) is 22.7 Å². The van der Waals surface area contributed by atoms with Crippen LogP contribution in [0.5, 0.6) is 0 Å². The molecule has 1 saturated carbocycles. The molecule has 1 aromatic carbocycles. The first-order valence-electron chi connectivity index (χ1n) is 10.0. The van der Waals surface area contributed by atoms with Crippen molar-refractivity contribution >= 4 is 22.1 Å². The molecule has 168 valence electrons. The summed E-state index contributed by atoms with van der Waals surface area (Å²) in [4.78, 5) is 23.6. The van der Waals surface area contributed by atoms with E-state index in [1.165, 1.54) is 12.1 Å². The summed E-state index contributed by atoms with van der Waals surface area (Å²) in [6.45, 7) is 5.67. The first-order valence-corrected chi connectivity index (χ1v) is 11.5. The van der Waals surface area contributed by atoms with Crippen molar-refractivity contribution in [2.24, 2.45) is 0 Å². The van der Waals surface area contributed by atoms with Gasteiger partial charge < -0.3 is 20.5 Å². The molecule has 0 unspecified atom stereocenters. The highest BCUT2D eigenvalue weighted by atomic mass is 32.2. The van der Waals surface area contributed by atoms with Crippen LogP contribution in [0.2, 0.25) is 0 Å². The highest BCUT2D eigenvalue weighted by Crippen LogP contribution is 2.18. The van der Waals surface area contributed by atoms with Gasteiger partial charge in [-0.05, 0) is 70.6 Å². The van der Waals surface area contributed by atoms with E-state index in [-0.39, 0.29) is 10.9 Å². The van der Waals surface area contributed by atoms with E-state index in [0.29, 0.717) is 32.2 Å². The number of rotatable bonds is 6. The normalized spacial score (nSPS) is 19.6. The minimum absolute atomic E-state index is 0.0369. The van der Waals surface area contributed by atoms with Crippen molar-refractivity contribution in [2.75, 3.05) is 6.54 Å². The SMILES string of the molecule is CC(C)(C)OC(=O)NCCc1ccc(S(=O)(=O)NC(=O)N[C@H]2CCC[C@@H](O)C2)cc1. The number of benzene rings is 1. The van der Waals surface area contributed by atoms with Crippen LogP contribution in [0.1, 0.15) is 52.0 Å². The van der Waals surface area contributed by atoms with Gasteiger partial charge in [-0.3, -0.25) is 0 Å². The van der Waals surface area contributed by atoms with Crippen LogP contribution >= 0.6 is 0 Å². The Labute approximate surface area is 177 Å². The third-order valence-electron chi connectivity index (χ3n) is 4.52. The molecule has 1 fully saturated rings. The molecule has 0 bridgehead atoms. The molecule has 1 aliphatic carbocycles. The van der Waals surface area contributed by atoms with Gasteiger partial charge in [0, 0.05) is 12.6 Å². The molecule has 0 heterocycles. The number of nitrogens with one attached hydrogen (secondary N) is 3. The largest absolute Gasteiger partial charge is 0.444 e. The Morgan fingerprint density at radius 2 is 1.83 bits per heavy atom. The third-order valence-corrected chi connectivity index (χ3v) is 5.87. The van der Waals surface area contributed by atoms with E-state index in [0.717, 1.165) is 12.0 Å². The molecule has 0 spiro atoms. The van der Waals surface area contributed by atoms with Crippen molar-refractivity contribution in [3.05, 3.63) is 29.8 Å². The van der Waals surface area contributed by atoms with Crippen molar-refractivity contribution in [2.45, 2.75) is 75.5 Å². The number of urea groups is 1. The van der Waals surface area contributed by atoms with E-state index in [4.69, 9.17) is 4.74 Å². The van der Waals surface area contributed by atoms with Crippen molar-refractivity contribution in [1.82, 2.24) is 15.4 Å². The maximum Gasteiger partial charge on any atom is 0.407 e. The number of aliphatic hydroxyl groups is 1. The molecule has 0 aliphatic heterocycles. The average molecular weight is 442 g/mol. The number of ether oxygens (including phenoxy) is 1. The number of sulfonamides is 1. The van der Waals surface area contributed by atoms with Gasteiger partial charge in [0.2, 0.25) is 0 Å². The fourth-order valence-corrected chi connectivity index (χ4v) is 4.06. The molecule has 0 saturated heterocycles. The van der Waals surface area contributed by atoms with Crippen LogP contribution in [0.15, 0.2) is 29.2 Å². The summed E-state index contributed by atoms with van der Waals surface area (Å²) in [5.74, 6) is 0. The van der Waals surface area contributed by atoms with Gasteiger partial charge in [0.15, 0.2) is 0 Å². The second-order valence-corrected chi connectivity index (χ2v) is 10.1. The van der Waals surface area contributed by atoms with E-state index in [1.807, 2.05) is 4.72 Å². The maximum absolute atomic E-state index is 12.4. The first-order chi connectivity index (χ1) is 13.9. The minimum atomic E-state index is -4.01. The highest BCUT2D eigenvalue weighted by molar-refractivity contribution is 7.90. The molecule has 4 N–H and O–H groups in total. The average Bonchev–Trinajstić information content (AvgIpc) is 2.60. The lowest BCUT2D eigenvalue weighted by Gasteiger charge is -2.26. The molecule has 0 aromatic heterocycles. The Balaban J connectivity index is 1.83. The first kappa shape index (κ1) is 23.9. The van der Waals surface area contributed by atoms with E-state index in [9.17, 15) is 23.1 Å². The number of carbonyl (C=O) groups is 2. The fraction of sp³-hybridized carbons (Fsp3) is 0.600. The summed E-state index contributed by atoms with van der Waals surface area (Å²) < 4.78 is 32.0. The zero-order valence-electron chi connectivity index (χ0n) is 17.6. The van der Waals surface area contributed by atoms with Crippen LogP contribution in [0.25, 0.3) is 0 Å². The van der Waals surface area contributed by atoms with Crippen LogP contribution in [-0.2, 0) is 21.2 Å². The minimum Gasteiger partial charge on any atom is -0.444 e. The van der Waals surface area contributed by atoms with Crippen LogP contribution in [0, 0.1) is 0 Å².